The van der Waals surface area contributed by atoms with Crippen LogP contribution in [0, 0.1) is 0 Å². The van der Waals surface area contributed by atoms with Crippen molar-refractivity contribution in [1.82, 2.24) is 0 Å². The maximum atomic E-state index is 12.4. The molecule has 0 aliphatic heterocycles. The van der Waals surface area contributed by atoms with Crippen molar-refractivity contribution in [2.75, 3.05) is 6.61 Å². The van der Waals surface area contributed by atoms with Crippen molar-refractivity contribution < 1.29 is 14.3 Å². The van der Waals surface area contributed by atoms with E-state index in [9.17, 15) is 4.79 Å². The predicted octanol–water partition coefficient (Wildman–Crippen LogP) is 6.02. The molecule has 0 unspecified atom stereocenters. The highest BCUT2D eigenvalue weighted by Gasteiger charge is 2.17. The second kappa shape index (κ2) is 9.56. The summed E-state index contributed by atoms with van der Waals surface area (Å²) in [7, 11) is 0. The van der Waals surface area contributed by atoms with Crippen LogP contribution in [-0.2, 0) is 4.79 Å². The van der Waals surface area contributed by atoms with Crippen LogP contribution in [0.1, 0.15) is 25.3 Å². The highest BCUT2D eigenvalue weighted by Crippen LogP contribution is 2.26. The van der Waals surface area contributed by atoms with Crippen LogP contribution < -0.4 is 9.47 Å². The van der Waals surface area contributed by atoms with Crippen molar-refractivity contribution in [3.63, 3.8) is 0 Å². The maximum Gasteiger partial charge on any atom is 0.318 e. The first-order valence-electron chi connectivity index (χ1n) is 9.38. The fraction of sp³-hybridized carbons (Fsp3) is 0.160. The van der Waals surface area contributed by atoms with Crippen molar-refractivity contribution in [3.05, 3.63) is 96.6 Å². The van der Waals surface area contributed by atoms with Gasteiger partial charge in [-0.2, -0.15) is 0 Å². The van der Waals surface area contributed by atoms with E-state index in [4.69, 9.17) is 9.47 Å². The molecule has 0 spiro atoms. The Hall–Kier alpha value is -3.33. The highest BCUT2D eigenvalue weighted by molar-refractivity contribution is 5.80. The molecule has 1 atom stereocenters. The zero-order valence-corrected chi connectivity index (χ0v) is 16.2. The number of esters is 1. The molecule has 0 saturated carbocycles. The van der Waals surface area contributed by atoms with Gasteiger partial charge in [0, 0.05) is 0 Å². The average molecular weight is 372 g/mol. The van der Waals surface area contributed by atoms with Crippen LogP contribution in [0.15, 0.2) is 91.0 Å². The Morgan fingerprint density at radius 2 is 1.43 bits per heavy atom. The van der Waals surface area contributed by atoms with Crippen molar-refractivity contribution in [2.24, 2.45) is 0 Å². The predicted molar refractivity (Wildman–Crippen MR) is 113 cm³/mol. The van der Waals surface area contributed by atoms with Gasteiger partial charge in [-0.05, 0) is 54.8 Å². The molecule has 3 rings (SSSR count). The quantitative estimate of drug-likeness (QED) is 0.289. The van der Waals surface area contributed by atoms with E-state index in [1.165, 1.54) is 0 Å². The number of hydrogen-bond donors (Lipinski definition) is 0. The van der Waals surface area contributed by atoms with Crippen LogP contribution in [-0.4, -0.2) is 12.6 Å². The summed E-state index contributed by atoms with van der Waals surface area (Å²) >= 11 is 0. The van der Waals surface area contributed by atoms with Crippen molar-refractivity contribution in [3.8, 4) is 22.6 Å². The number of hydrogen-bond acceptors (Lipinski definition) is 3. The molecule has 0 heterocycles. The highest BCUT2D eigenvalue weighted by atomic mass is 16.5. The first kappa shape index (κ1) is 19.4. The second-order valence-corrected chi connectivity index (χ2v) is 6.48. The number of allylic oxidation sites excluding steroid dienone is 1. The van der Waals surface area contributed by atoms with Crippen LogP contribution in [0.3, 0.4) is 0 Å². The van der Waals surface area contributed by atoms with Gasteiger partial charge >= 0.3 is 5.97 Å². The summed E-state index contributed by atoms with van der Waals surface area (Å²) in [4.78, 5) is 12.4. The van der Waals surface area contributed by atoms with E-state index < -0.39 is 0 Å². The normalized spacial score (nSPS) is 11.9. The smallest absolute Gasteiger partial charge is 0.318 e. The summed E-state index contributed by atoms with van der Waals surface area (Å²) in [5, 5.41) is 0. The first-order valence-corrected chi connectivity index (χ1v) is 9.38. The number of benzene rings is 3. The van der Waals surface area contributed by atoms with Crippen molar-refractivity contribution >= 4 is 5.97 Å². The molecule has 3 heteroatoms. The minimum absolute atomic E-state index is 0.262. The van der Waals surface area contributed by atoms with Crippen LogP contribution in [0.2, 0.25) is 0 Å². The molecule has 3 aromatic rings. The molecule has 3 nitrogen and oxygen atoms in total. The number of ether oxygens (including phenoxy) is 2. The van der Waals surface area contributed by atoms with E-state index in [1.54, 1.807) is 0 Å². The van der Waals surface area contributed by atoms with Gasteiger partial charge in [0.25, 0.3) is 0 Å². The molecule has 142 valence electrons. The summed E-state index contributed by atoms with van der Waals surface area (Å²) in [5.41, 5.74) is 3.07. The average Bonchev–Trinajstić information content (AvgIpc) is 2.75. The summed E-state index contributed by atoms with van der Waals surface area (Å²) in [6.45, 7) is 4.39. The van der Waals surface area contributed by atoms with Gasteiger partial charge in [-0.25, -0.2) is 0 Å². The van der Waals surface area contributed by atoms with Crippen LogP contribution in [0.4, 0.5) is 0 Å². The zero-order chi connectivity index (χ0) is 19.8. The minimum Gasteiger partial charge on any atom is -0.490 e. The molecule has 0 amide bonds. The topological polar surface area (TPSA) is 35.5 Å². The summed E-state index contributed by atoms with van der Waals surface area (Å²) in [6, 6.07) is 25.1. The molecule has 0 aromatic heterocycles. The summed E-state index contributed by atoms with van der Waals surface area (Å²) < 4.78 is 11.1. The summed E-state index contributed by atoms with van der Waals surface area (Å²) in [5.74, 6) is 0.808. The van der Waals surface area contributed by atoms with Gasteiger partial charge in [-0.1, -0.05) is 66.7 Å². The lowest BCUT2D eigenvalue weighted by Crippen LogP contribution is -2.16. The van der Waals surface area contributed by atoms with E-state index in [-0.39, 0.29) is 11.9 Å². The Morgan fingerprint density at radius 1 is 0.857 bits per heavy atom. The third-order valence-electron chi connectivity index (χ3n) is 4.50. The van der Waals surface area contributed by atoms with Gasteiger partial charge in [-0.15, -0.1) is 0 Å². The summed E-state index contributed by atoms with van der Waals surface area (Å²) in [6.07, 6.45) is 3.93. The molecular formula is C25H24O3. The third kappa shape index (κ3) is 5.10. The zero-order valence-electron chi connectivity index (χ0n) is 16.2. The SMILES string of the molecule is C/C=C/COc1ccc(-c2ccc(OC(=O)[C@H](C)c3ccccc3)cc2)cc1. The molecule has 0 aliphatic rings. The fourth-order valence-electron chi connectivity index (χ4n) is 2.78. The van der Waals surface area contributed by atoms with Crippen molar-refractivity contribution in [1.29, 1.82) is 0 Å². The fourth-order valence-corrected chi connectivity index (χ4v) is 2.78. The number of carbonyl (C=O) groups excluding carboxylic acids is 1. The molecule has 0 radical (unpaired) electrons. The standard InChI is InChI=1S/C25H24O3/c1-3-4-18-27-23-14-10-21(11-15-23)22-12-16-24(17-13-22)28-25(26)19(2)20-8-6-5-7-9-20/h3-17,19H,18H2,1-2H3/b4-3+/t19-/m1/s1. The van der Waals surface area contributed by atoms with E-state index in [0.717, 1.165) is 22.4 Å². The Kier molecular flexibility index (Phi) is 6.64. The van der Waals surface area contributed by atoms with E-state index >= 15 is 0 Å². The molecule has 0 aliphatic carbocycles. The number of rotatable bonds is 7. The lowest BCUT2D eigenvalue weighted by atomic mass is 10.0. The molecule has 28 heavy (non-hydrogen) atoms. The Labute approximate surface area is 166 Å². The van der Waals surface area contributed by atoms with Crippen LogP contribution >= 0.6 is 0 Å². The largest absolute Gasteiger partial charge is 0.490 e. The second-order valence-electron chi connectivity index (χ2n) is 6.48. The minimum atomic E-state index is -0.309. The Morgan fingerprint density at radius 3 is 2.00 bits per heavy atom. The van der Waals surface area contributed by atoms with Crippen LogP contribution in [0.5, 0.6) is 11.5 Å². The lowest BCUT2D eigenvalue weighted by molar-refractivity contribution is -0.135. The molecule has 0 fully saturated rings. The maximum absolute atomic E-state index is 12.4. The molecular weight excluding hydrogens is 348 g/mol. The van der Waals surface area contributed by atoms with Crippen molar-refractivity contribution in [2.45, 2.75) is 19.8 Å². The van der Waals surface area contributed by atoms with Gasteiger partial charge in [0.1, 0.15) is 18.1 Å². The van der Waals surface area contributed by atoms with Gasteiger partial charge in [0.15, 0.2) is 0 Å². The van der Waals surface area contributed by atoms with Crippen LogP contribution in [0.25, 0.3) is 11.1 Å². The molecule has 0 saturated heterocycles. The monoisotopic (exact) mass is 372 g/mol. The number of carbonyl (C=O) groups is 1. The third-order valence-corrected chi connectivity index (χ3v) is 4.50. The Balaban J connectivity index is 1.62. The van der Waals surface area contributed by atoms with E-state index in [0.29, 0.717) is 12.4 Å². The van der Waals surface area contributed by atoms with E-state index in [1.807, 2.05) is 105 Å². The molecule has 0 bridgehead atoms. The first-order chi connectivity index (χ1) is 13.7. The van der Waals surface area contributed by atoms with Gasteiger partial charge < -0.3 is 9.47 Å². The van der Waals surface area contributed by atoms with Gasteiger partial charge in [0.2, 0.25) is 0 Å². The van der Waals surface area contributed by atoms with Gasteiger partial charge in [0.05, 0.1) is 5.92 Å². The lowest BCUT2D eigenvalue weighted by Gasteiger charge is -2.12. The molecule has 0 N–H and O–H groups in total. The molecule has 3 aromatic carbocycles. The van der Waals surface area contributed by atoms with Gasteiger partial charge in [-0.3, -0.25) is 4.79 Å². The Bertz CT molecular complexity index is 910. The van der Waals surface area contributed by atoms with E-state index in [2.05, 4.69) is 0 Å².